The summed E-state index contributed by atoms with van der Waals surface area (Å²) in [6.45, 7) is 3.25. The average molecular weight is 487 g/mol. The fraction of sp³-hybridized carbons (Fsp3) is 0.450. The Morgan fingerprint density at radius 1 is 1.00 bits per heavy atom. The molecule has 1 aromatic heterocycles. The number of halogens is 2. The number of anilines is 2. The van der Waals surface area contributed by atoms with E-state index in [0.29, 0.717) is 6.54 Å². The number of rotatable bonds is 12. The van der Waals surface area contributed by atoms with E-state index in [0.717, 1.165) is 53.3 Å². The highest BCUT2D eigenvalue weighted by Gasteiger charge is 2.18. The molecule has 11 heteroatoms. The summed E-state index contributed by atoms with van der Waals surface area (Å²) in [5.41, 5.74) is 11.2. The first kappa shape index (κ1) is 25.5. The van der Waals surface area contributed by atoms with Crippen molar-refractivity contribution in [2.24, 2.45) is 0 Å². The lowest BCUT2D eigenvalue weighted by Gasteiger charge is -2.30. The largest absolute Gasteiger partial charge is 0.382 e. The quantitative estimate of drug-likeness (QED) is 0.206. The summed E-state index contributed by atoms with van der Waals surface area (Å²) in [5.74, 6) is -0.431. The number of nitrogens with two attached hydrogens (primary N) is 2. The third-order valence-electron chi connectivity index (χ3n) is 4.67. The lowest BCUT2D eigenvalue weighted by Crippen LogP contribution is -2.46. The van der Waals surface area contributed by atoms with Crippen molar-refractivity contribution < 1.29 is 9.28 Å². The van der Waals surface area contributed by atoms with E-state index in [-0.39, 0.29) is 22.5 Å². The van der Waals surface area contributed by atoms with Crippen molar-refractivity contribution in [1.82, 2.24) is 20.0 Å². The van der Waals surface area contributed by atoms with Gasteiger partial charge in [-0.05, 0) is 55.5 Å². The Labute approximate surface area is 197 Å². The average Bonchev–Trinajstić information content (AvgIpc) is 2.71. The third-order valence-corrected chi connectivity index (χ3v) is 6.05. The first-order valence-corrected chi connectivity index (χ1v) is 11.6. The van der Waals surface area contributed by atoms with Crippen LogP contribution in [0, 0.1) is 0 Å². The molecule has 0 unspecified atom stereocenters. The lowest BCUT2D eigenvalue weighted by atomic mass is 10.2. The number of aromatic nitrogens is 2. The van der Waals surface area contributed by atoms with Crippen LogP contribution in [0.25, 0.3) is 0 Å². The number of hydrogen-bond donors (Lipinski definition) is 4. The van der Waals surface area contributed by atoms with Crippen molar-refractivity contribution in [2.75, 3.05) is 51.7 Å². The van der Waals surface area contributed by atoms with Crippen molar-refractivity contribution >= 4 is 52.7 Å². The fourth-order valence-electron chi connectivity index (χ4n) is 2.83. The van der Waals surface area contributed by atoms with E-state index in [9.17, 15) is 4.79 Å². The SMILES string of the molecule is C[N+](C)(CCCCCNSc1ccc(Cl)cc1)CCNC(=O)c1nc(Cl)c(N)nc1N. The number of nitrogen functional groups attached to an aromatic ring is 2. The topological polar surface area (TPSA) is 119 Å². The number of likely N-dealkylation sites (N-methyl/N-ethyl adjacent to an activating group) is 1. The number of hydrogen-bond acceptors (Lipinski definition) is 7. The number of benzene rings is 1. The molecule has 0 radical (unpaired) electrons. The summed E-state index contributed by atoms with van der Waals surface area (Å²) in [5, 5.41) is 3.54. The van der Waals surface area contributed by atoms with E-state index in [2.05, 4.69) is 34.1 Å². The van der Waals surface area contributed by atoms with Gasteiger partial charge >= 0.3 is 0 Å². The highest BCUT2D eigenvalue weighted by Crippen LogP contribution is 2.18. The van der Waals surface area contributed by atoms with Gasteiger partial charge in [0.2, 0.25) is 0 Å². The number of amides is 1. The molecule has 0 aliphatic heterocycles. The Morgan fingerprint density at radius 2 is 1.71 bits per heavy atom. The van der Waals surface area contributed by atoms with Crippen LogP contribution in [0.1, 0.15) is 29.8 Å². The van der Waals surface area contributed by atoms with Crippen molar-refractivity contribution in [1.29, 1.82) is 0 Å². The molecular formula is C20H30Cl2N7OS+. The summed E-state index contributed by atoms with van der Waals surface area (Å²) in [6.07, 6.45) is 3.35. The summed E-state index contributed by atoms with van der Waals surface area (Å²) in [4.78, 5) is 21.2. The number of nitrogens with zero attached hydrogens (tertiary/aromatic N) is 3. The number of carbonyl (C=O) groups is 1. The van der Waals surface area contributed by atoms with Gasteiger partial charge in [0.15, 0.2) is 22.5 Å². The zero-order valence-electron chi connectivity index (χ0n) is 17.8. The molecule has 170 valence electrons. The second-order valence-electron chi connectivity index (χ2n) is 7.78. The predicted octanol–water partition coefficient (Wildman–Crippen LogP) is 3.22. The number of nitrogens with one attached hydrogen (secondary N) is 2. The number of carbonyl (C=O) groups excluding carboxylic acids is 1. The first-order chi connectivity index (χ1) is 14.7. The summed E-state index contributed by atoms with van der Waals surface area (Å²) >= 11 is 13.3. The molecule has 0 saturated heterocycles. The monoisotopic (exact) mass is 486 g/mol. The van der Waals surface area contributed by atoms with Crippen LogP contribution in [0.5, 0.6) is 0 Å². The van der Waals surface area contributed by atoms with Gasteiger partial charge in [-0.3, -0.25) is 9.52 Å². The van der Waals surface area contributed by atoms with Crippen LogP contribution in [-0.4, -0.2) is 60.6 Å². The maximum absolute atomic E-state index is 12.3. The molecule has 0 spiro atoms. The molecule has 2 aromatic rings. The van der Waals surface area contributed by atoms with E-state index in [1.54, 1.807) is 11.9 Å². The molecule has 31 heavy (non-hydrogen) atoms. The highest BCUT2D eigenvalue weighted by atomic mass is 35.5. The molecular weight excluding hydrogens is 457 g/mol. The van der Waals surface area contributed by atoms with E-state index >= 15 is 0 Å². The molecule has 6 N–H and O–H groups in total. The van der Waals surface area contributed by atoms with E-state index in [4.69, 9.17) is 34.7 Å². The maximum atomic E-state index is 12.3. The molecule has 0 bridgehead atoms. The van der Waals surface area contributed by atoms with Gasteiger partial charge in [0, 0.05) is 16.5 Å². The molecule has 0 saturated carbocycles. The van der Waals surface area contributed by atoms with Crippen LogP contribution < -0.4 is 21.5 Å². The van der Waals surface area contributed by atoms with Crippen LogP contribution in [0.4, 0.5) is 11.6 Å². The predicted molar refractivity (Wildman–Crippen MR) is 129 cm³/mol. The Morgan fingerprint density at radius 3 is 2.42 bits per heavy atom. The Balaban J connectivity index is 1.59. The summed E-state index contributed by atoms with van der Waals surface area (Å²) in [7, 11) is 4.30. The van der Waals surface area contributed by atoms with Gasteiger partial charge in [0.05, 0.1) is 33.7 Å². The molecule has 0 fully saturated rings. The normalized spacial score (nSPS) is 11.5. The molecule has 1 heterocycles. The smallest absolute Gasteiger partial charge is 0.273 e. The second-order valence-corrected chi connectivity index (χ2v) is 9.54. The van der Waals surface area contributed by atoms with Gasteiger partial charge in [0.25, 0.3) is 5.91 Å². The minimum Gasteiger partial charge on any atom is -0.382 e. The standard InChI is InChI=1S/C20H29Cl2N7OS/c1-29(2,12-5-3-4-10-26-31-15-8-6-14(21)7-9-15)13-11-25-20(30)16-18(23)28-19(24)17(22)27-16/h6-9,26H,3-5,10-13H2,1-2H3,(H4-,23,24,25,28,30)/p+1. The second kappa shape index (κ2) is 12.3. The van der Waals surface area contributed by atoms with E-state index < -0.39 is 5.91 Å². The molecule has 2 rings (SSSR count). The number of unbranched alkanes of at least 4 members (excludes halogenated alkanes) is 2. The molecule has 8 nitrogen and oxygen atoms in total. The summed E-state index contributed by atoms with van der Waals surface area (Å²) < 4.78 is 4.18. The highest BCUT2D eigenvalue weighted by molar-refractivity contribution is 7.97. The van der Waals surface area contributed by atoms with E-state index in [1.165, 1.54) is 0 Å². The number of quaternary nitrogens is 1. The van der Waals surface area contributed by atoms with Crippen LogP contribution in [-0.2, 0) is 0 Å². The van der Waals surface area contributed by atoms with Gasteiger partial charge in [-0.2, -0.15) is 0 Å². The van der Waals surface area contributed by atoms with Crippen LogP contribution in [0.3, 0.4) is 0 Å². The zero-order chi connectivity index (χ0) is 22.9. The maximum Gasteiger partial charge on any atom is 0.273 e. The first-order valence-electron chi connectivity index (χ1n) is 10.0. The van der Waals surface area contributed by atoms with Crippen molar-refractivity contribution in [3.05, 3.63) is 40.1 Å². The molecule has 0 atom stereocenters. The molecule has 1 aromatic carbocycles. The lowest BCUT2D eigenvalue weighted by molar-refractivity contribution is -0.889. The van der Waals surface area contributed by atoms with Crippen LogP contribution in [0.2, 0.25) is 10.2 Å². The minimum absolute atomic E-state index is 0.00604. The molecule has 1 amide bonds. The third kappa shape index (κ3) is 9.08. The van der Waals surface area contributed by atoms with Gasteiger partial charge in [0.1, 0.15) is 0 Å². The zero-order valence-corrected chi connectivity index (χ0v) is 20.2. The molecule has 0 aliphatic rings. The van der Waals surface area contributed by atoms with Crippen molar-refractivity contribution in [3.63, 3.8) is 0 Å². The van der Waals surface area contributed by atoms with Gasteiger partial charge in [-0.25, -0.2) is 9.97 Å². The minimum atomic E-state index is -0.406. The Hall–Kier alpha value is -1.78. The fourth-order valence-corrected chi connectivity index (χ4v) is 3.77. The van der Waals surface area contributed by atoms with Crippen LogP contribution >= 0.6 is 35.1 Å². The Bertz CT molecular complexity index is 865. The summed E-state index contributed by atoms with van der Waals surface area (Å²) in [6, 6.07) is 7.78. The van der Waals surface area contributed by atoms with Gasteiger partial charge < -0.3 is 21.3 Å². The molecule has 0 aliphatic carbocycles. The Kier molecular flexibility index (Phi) is 10.1. The van der Waals surface area contributed by atoms with Crippen LogP contribution in [0.15, 0.2) is 29.2 Å². The van der Waals surface area contributed by atoms with Gasteiger partial charge in [-0.15, -0.1) is 0 Å². The van der Waals surface area contributed by atoms with Crippen molar-refractivity contribution in [3.8, 4) is 0 Å². The van der Waals surface area contributed by atoms with E-state index in [1.807, 2.05) is 24.3 Å². The van der Waals surface area contributed by atoms with Gasteiger partial charge in [-0.1, -0.05) is 23.2 Å². The van der Waals surface area contributed by atoms with Crippen molar-refractivity contribution in [2.45, 2.75) is 24.2 Å².